The molecule has 96 valence electrons. The van der Waals surface area contributed by atoms with Crippen LogP contribution in [0.3, 0.4) is 0 Å². The van der Waals surface area contributed by atoms with Crippen molar-refractivity contribution < 1.29 is 8.78 Å². The molecule has 2 aromatic rings. The second-order valence-electron chi connectivity index (χ2n) is 4.01. The Morgan fingerprint density at radius 2 is 1.89 bits per heavy atom. The van der Waals surface area contributed by atoms with Crippen molar-refractivity contribution in [2.24, 2.45) is 0 Å². The van der Waals surface area contributed by atoms with Gasteiger partial charge in [-0.25, -0.2) is 8.78 Å². The molecule has 0 atom stereocenters. The molecule has 2 nitrogen and oxygen atoms in total. The van der Waals surface area contributed by atoms with Crippen LogP contribution in [0.4, 0.5) is 20.2 Å². The van der Waals surface area contributed by atoms with Gasteiger partial charge in [0.25, 0.3) is 0 Å². The lowest BCUT2D eigenvalue weighted by atomic mass is 10.2. The van der Waals surface area contributed by atoms with Crippen molar-refractivity contribution in [3.8, 4) is 6.07 Å². The van der Waals surface area contributed by atoms with E-state index < -0.39 is 11.6 Å². The minimum absolute atomic E-state index is 0.0553. The number of nitrogens with zero attached hydrogens (tertiary/aromatic N) is 1. The molecule has 2 rings (SSSR count). The summed E-state index contributed by atoms with van der Waals surface area (Å²) in [5, 5.41) is 11.6. The Labute approximate surface area is 117 Å². The number of nitrogens with one attached hydrogen (secondary N) is 1. The van der Waals surface area contributed by atoms with E-state index in [1.807, 2.05) is 6.07 Å². The van der Waals surface area contributed by atoms with Crippen molar-refractivity contribution in [1.82, 2.24) is 0 Å². The smallest absolute Gasteiger partial charge is 0.147 e. The SMILES string of the molecule is Cc1cc(F)c(Nc2ccc(C#N)c(Br)c2)cc1F. The molecule has 0 aliphatic carbocycles. The van der Waals surface area contributed by atoms with Crippen molar-refractivity contribution in [2.45, 2.75) is 6.92 Å². The second kappa shape index (κ2) is 5.37. The Balaban J connectivity index is 2.34. The van der Waals surface area contributed by atoms with Gasteiger partial charge >= 0.3 is 0 Å². The third-order valence-electron chi connectivity index (χ3n) is 2.62. The van der Waals surface area contributed by atoms with Crippen LogP contribution >= 0.6 is 15.9 Å². The van der Waals surface area contributed by atoms with E-state index in [4.69, 9.17) is 5.26 Å². The Bertz CT molecular complexity index is 678. The highest BCUT2D eigenvalue weighted by molar-refractivity contribution is 9.10. The second-order valence-corrected chi connectivity index (χ2v) is 4.87. The van der Waals surface area contributed by atoms with Crippen LogP contribution < -0.4 is 5.32 Å². The molecule has 0 spiro atoms. The Kier molecular flexibility index (Phi) is 3.82. The van der Waals surface area contributed by atoms with E-state index in [9.17, 15) is 8.78 Å². The molecule has 0 aromatic heterocycles. The van der Waals surface area contributed by atoms with E-state index in [1.54, 1.807) is 18.2 Å². The van der Waals surface area contributed by atoms with Gasteiger partial charge in [-0.2, -0.15) is 5.26 Å². The highest BCUT2D eigenvalue weighted by Gasteiger charge is 2.08. The van der Waals surface area contributed by atoms with E-state index >= 15 is 0 Å². The lowest BCUT2D eigenvalue weighted by molar-refractivity contribution is 0.595. The summed E-state index contributed by atoms with van der Waals surface area (Å²) in [6.45, 7) is 1.50. The molecule has 1 N–H and O–H groups in total. The van der Waals surface area contributed by atoms with Gasteiger partial charge in [-0.1, -0.05) is 0 Å². The lowest BCUT2D eigenvalue weighted by Gasteiger charge is -2.09. The number of nitriles is 1. The van der Waals surface area contributed by atoms with Crippen molar-refractivity contribution in [1.29, 1.82) is 5.26 Å². The predicted octanol–water partition coefficient (Wildman–Crippen LogP) is 4.65. The summed E-state index contributed by atoms with van der Waals surface area (Å²) >= 11 is 3.23. The van der Waals surface area contributed by atoms with Crippen LogP contribution in [0.2, 0.25) is 0 Å². The quantitative estimate of drug-likeness (QED) is 0.873. The zero-order valence-corrected chi connectivity index (χ0v) is 11.6. The average molecular weight is 323 g/mol. The third kappa shape index (κ3) is 2.91. The molecule has 0 saturated carbocycles. The van der Waals surface area contributed by atoms with E-state index in [2.05, 4.69) is 21.2 Å². The summed E-state index contributed by atoms with van der Waals surface area (Å²) in [6, 6.07) is 9.10. The third-order valence-corrected chi connectivity index (χ3v) is 3.27. The first-order valence-electron chi connectivity index (χ1n) is 5.43. The van der Waals surface area contributed by atoms with E-state index in [0.29, 0.717) is 15.7 Å². The maximum absolute atomic E-state index is 13.7. The van der Waals surface area contributed by atoms with Gasteiger partial charge < -0.3 is 5.32 Å². The molecule has 0 amide bonds. The number of aryl methyl sites for hydroxylation is 1. The van der Waals surface area contributed by atoms with Crippen LogP contribution in [0.15, 0.2) is 34.8 Å². The van der Waals surface area contributed by atoms with Crippen LogP contribution in [0, 0.1) is 29.9 Å². The van der Waals surface area contributed by atoms with Gasteiger partial charge in [0.2, 0.25) is 0 Å². The number of benzene rings is 2. The molecule has 0 unspecified atom stereocenters. The fraction of sp³-hybridized carbons (Fsp3) is 0.0714. The summed E-state index contributed by atoms with van der Waals surface area (Å²) in [5.74, 6) is -1.00. The number of halogens is 3. The summed E-state index contributed by atoms with van der Waals surface area (Å²) in [6.07, 6.45) is 0. The maximum Gasteiger partial charge on any atom is 0.147 e. The Morgan fingerprint density at radius 1 is 1.16 bits per heavy atom. The first-order valence-corrected chi connectivity index (χ1v) is 6.23. The minimum Gasteiger partial charge on any atom is -0.353 e. The summed E-state index contributed by atoms with van der Waals surface area (Å²) in [7, 11) is 0. The zero-order valence-electron chi connectivity index (χ0n) is 9.97. The molecule has 0 radical (unpaired) electrons. The molecule has 0 aliphatic rings. The molecule has 0 aliphatic heterocycles. The number of rotatable bonds is 2. The van der Waals surface area contributed by atoms with Crippen molar-refractivity contribution in [2.75, 3.05) is 5.32 Å². The molecule has 0 bridgehead atoms. The Hall–Kier alpha value is -1.93. The van der Waals surface area contributed by atoms with Crippen LogP contribution in [0.1, 0.15) is 11.1 Å². The van der Waals surface area contributed by atoms with Gasteiger partial charge in [0, 0.05) is 16.2 Å². The number of anilines is 2. The monoisotopic (exact) mass is 322 g/mol. The molecule has 5 heteroatoms. The zero-order chi connectivity index (χ0) is 14.0. The van der Waals surface area contributed by atoms with Crippen molar-refractivity contribution in [3.05, 3.63) is 57.6 Å². The van der Waals surface area contributed by atoms with Crippen LogP contribution in [-0.4, -0.2) is 0 Å². The van der Waals surface area contributed by atoms with Crippen molar-refractivity contribution in [3.63, 3.8) is 0 Å². The van der Waals surface area contributed by atoms with Crippen LogP contribution in [-0.2, 0) is 0 Å². The highest BCUT2D eigenvalue weighted by Crippen LogP contribution is 2.26. The van der Waals surface area contributed by atoms with Crippen molar-refractivity contribution >= 4 is 27.3 Å². The van der Waals surface area contributed by atoms with Gasteiger partial charge in [0.05, 0.1) is 11.3 Å². The lowest BCUT2D eigenvalue weighted by Crippen LogP contribution is -1.97. The van der Waals surface area contributed by atoms with Gasteiger partial charge in [0.15, 0.2) is 0 Å². The standard InChI is InChI=1S/C14H9BrF2N2/c1-8-4-13(17)14(6-12(8)16)19-10-3-2-9(7-18)11(15)5-10/h2-6,19H,1H3. The molecule has 19 heavy (non-hydrogen) atoms. The molecular formula is C14H9BrF2N2. The van der Waals surface area contributed by atoms with Crippen LogP contribution in [0.5, 0.6) is 0 Å². The summed E-state index contributed by atoms with van der Waals surface area (Å²) in [5.41, 5.74) is 1.35. The summed E-state index contributed by atoms with van der Waals surface area (Å²) in [4.78, 5) is 0. The molecule has 2 aromatic carbocycles. The molecule has 0 fully saturated rings. The predicted molar refractivity (Wildman–Crippen MR) is 73.2 cm³/mol. The van der Waals surface area contributed by atoms with Gasteiger partial charge in [-0.15, -0.1) is 0 Å². The first kappa shape index (κ1) is 13.5. The van der Waals surface area contributed by atoms with Gasteiger partial charge in [0.1, 0.15) is 17.7 Å². The average Bonchev–Trinajstić information content (AvgIpc) is 2.36. The number of hydrogen-bond donors (Lipinski definition) is 1. The van der Waals surface area contributed by atoms with E-state index in [-0.39, 0.29) is 11.3 Å². The molecule has 0 heterocycles. The fourth-order valence-corrected chi connectivity index (χ4v) is 2.05. The number of hydrogen-bond acceptors (Lipinski definition) is 2. The van der Waals surface area contributed by atoms with E-state index in [1.165, 1.54) is 6.92 Å². The summed E-state index contributed by atoms with van der Waals surface area (Å²) < 4.78 is 27.7. The molecule has 0 saturated heterocycles. The molecular weight excluding hydrogens is 314 g/mol. The fourth-order valence-electron chi connectivity index (χ4n) is 1.58. The van der Waals surface area contributed by atoms with Crippen LogP contribution in [0.25, 0.3) is 0 Å². The van der Waals surface area contributed by atoms with E-state index in [0.717, 1.165) is 12.1 Å². The normalized spacial score (nSPS) is 10.1. The topological polar surface area (TPSA) is 35.8 Å². The van der Waals surface area contributed by atoms with Gasteiger partial charge in [-0.05, 0) is 52.7 Å². The largest absolute Gasteiger partial charge is 0.353 e. The Morgan fingerprint density at radius 3 is 2.53 bits per heavy atom. The highest BCUT2D eigenvalue weighted by atomic mass is 79.9. The minimum atomic E-state index is -0.528. The van der Waals surface area contributed by atoms with Gasteiger partial charge in [-0.3, -0.25) is 0 Å². The maximum atomic E-state index is 13.7. The first-order chi connectivity index (χ1) is 9.01.